The van der Waals surface area contributed by atoms with Gasteiger partial charge < -0.3 is 5.73 Å². The van der Waals surface area contributed by atoms with Crippen molar-refractivity contribution in [2.24, 2.45) is 11.7 Å². The molecule has 1 aromatic rings. The van der Waals surface area contributed by atoms with E-state index in [9.17, 15) is 0 Å². The van der Waals surface area contributed by atoms with Crippen molar-refractivity contribution in [3.8, 4) is 0 Å². The van der Waals surface area contributed by atoms with E-state index < -0.39 is 0 Å². The van der Waals surface area contributed by atoms with Crippen LogP contribution >= 0.6 is 11.5 Å². The first kappa shape index (κ1) is 7.63. The molecule has 1 aromatic heterocycles. The third-order valence-corrected chi connectivity index (χ3v) is 1.89. The number of hydrogen-bond acceptors (Lipinski definition) is 4. The van der Waals surface area contributed by atoms with Gasteiger partial charge in [0.15, 0.2) is 5.82 Å². The summed E-state index contributed by atoms with van der Waals surface area (Å²) in [4.78, 5) is 4.02. The zero-order chi connectivity index (χ0) is 7.56. The lowest BCUT2D eigenvalue weighted by Gasteiger charge is -2.10. The SMILES string of the molecule is CC(C)[C@H](N)c1ncsn1. The number of rotatable bonds is 2. The third kappa shape index (κ3) is 1.52. The Morgan fingerprint density at radius 3 is 2.70 bits per heavy atom. The summed E-state index contributed by atoms with van der Waals surface area (Å²) in [6.45, 7) is 4.12. The second kappa shape index (κ2) is 3.07. The van der Waals surface area contributed by atoms with E-state index in [0.29, 0.717) is 5.92 Å². The molecule has 0 amide bonds. The summed E-state index contributed by atoms with van der Waals surface area (Å²) in [5.74, 6) is 1.18. The van der Waals surface area contributed by atoms with Crippen molar-refractivity contribution in [2.75, 3.05) is 0 Å². The molecule has 56 valence electrons. The Kier molecular flexibility index (Phi) is 2.34. The van der Waals surface area contributed by atoms with Gasteiger partial charge in [-0.2, -0.15) is 4.37 Å². The lowest BCUT2D eigenvalue weighted by atomic mass is 10.1. The highest BCUT2D eigenvalue weighted by Gasteiger charge is 2.12. The Labute approximate surface area is 64.5 Å². The fourth-order valence-corrected chi connectivity index (χ4v) is 1.10. The van der Waals surface area contributed by atoms with Gasteiger partial charge in [0.25, 0.3) is 0 Å². The molecule has 0 aliphatic rings. The standard InChI is InChI=1S/C6H11N3S/c1-4(2)5(7)6-8-3-10-9-6/h3-5H,7H2,1-2H3/t5-/m0/s1. The van der Waals surface area contributed by atoms with Gasteiger partial charge in [0.05, 0.1) is 6.04 Å². The molecule has 0 aliphatic heterocycles. The Morgan fingerprint density at radius 1 is 1.60 bits per heavy atom. The average molecular weight is 157 g/mol. The fraction of sp³-hybridized carbons (Fsp3) is 0.667. The Hall–Kier alpha value is -0.480. The number of hydrogen-bond donors (Lipinski definition) is 1. The smallest absolute Gasteiger partial charge is 0.159 e. The summed E-state index contributed by atoms with van der Waals surface area (Å²) in [5.41, 5.74) is 7.47. The molecule has 0 saturated carbocycles. The van der Waals surface area contributed by atoms with Crippen molar-refractivity contribution in [3.63, 3.8) is 0 Å². The van der Waals surface area contributed by atoms with E-state index in [1.165, 1.54) is 11.5 Å². The monoisotopic (exact) mass is 157 g/mol. The van der Waals surface area contributed by atoms with Gasteiger partial charge in [0, 0.05) is 0 Å². The first-order valence-electron chi connectivity index (χ1n) is 3.23. The Bertz CT molecular complexity index is 183. The van der Waals surface area contributed by atoms with Crippen molar-refractivity contribution in [2.45, 2.75) is 19.9 Å². The largest absolute Gasteiger partial charge is 0.321 e. The molecular weight excluding hydrogens is 146 g/mol. The van der Waals surface area contributed by atoms with Gasteiger partial charge >= 0.3 is 0 Å². The zero-order valence-electron chi connectivity index (χ0n) is 6.11. The second-order valence-electron chi connectivity index (χ2n) is 2.56. The maximum atomic E-state index is 5.76. The summed E-state index contributed by atoms with van der Waals surface area (Å²) >= 11 is 1.34. The van der Waals surface area contributed by atoms with E-state index in [1.807, 2.05) is 0 Å². The van der Waals surface area contributed by atoms with Crippen LogP contribution in [0.15, 0.2) is 5.51 Å². The molecule has 2 N–H and O–H groups in total. The first-order valence-corrected chi connectivity index (χ1v) is 4.07. The molecule has 0 saturated heterocycles. The zero-order valence-corrected chi connectivity index (χ0v) is 6.93. The van der Waals surface area contributed by atoms with Crippen LogP contribution in [0.25, 0.3) is 0 Å². The Balaban J connectivity index is 2.68. The van der Waals surface area contributed by atoms with Gasteiger partial charge in [-0.05, 0) is 17.5 Å². The molecule has 0 aliphatic carbocycles. The summed E-state index contributed by atoms with van der Waals surface area (Å²) in [6, 6.07) is -0.00810. The third-order valence-electron chi connectivity index (χ3n) is 1.39. The van der Waals surface area contributed by atoms with Crippen LogP contribution in [0.1, 0.15) is 25.7 Å². The number of nitrogens with two attached hydrogens (primary N) is 1. The molecule has 3 nitrogen and oxygen atoms in total. The predicted octanol–water partition coefficient (Wildman–Crippen LogP) is 1.19. The molecule has 1 rings (SSSR count). The topological polar surface area (TPSA) is 51.8 Å². The first-order chi connectivity index (χ1) is 4.72. The predicted molar refractivity (Wildman–Crippen MR) is 41.7 cm³/mol. The molecule has 4 heteroatoms. The maximum absolute atomic E-state index is 5.76. The molecule has 0 radical (unpaired) electrons. The maximum Gasteiger partial charge on any atom is 0.159 e. The van der Waals surface area contributed by atoms with Gasteiger partial charge in [0.2, 0.25) is 0 Å². The quantitative estimate of drug-likeness (QED) is 0.701. The van der Waals surface area contributed by atoms with Gasteiger partial charge in [0.1, 0.15) is 5.51 Å². The minimum atomic E-state index is -0.00810. The van der Waals surface area contributed by atoms with E-state index in [4.69, 9.17) is 5.73 Å². The molecule has 0 aromatic carbocycles. The van der Waals surface area contributed by atoms with Gasteiger partial charge in [-0.3, -0.25) is 0 Å². The highest BCUT2D eigenvalue weighted by Crippen LogP contribution is 2.14. The van der Waals surface area contributed by atoms with Crippen molar-refractivity contribution in [1.29, 1.82) is 0 Å². The molecule has 1 heterocycles. The molecular formula is C6H11N3S. The van der Waals surface area contributed by atoms with E-state index in [0.717, 1.165) is 5.82 Å². The van der Waals surface area contributed by atoms with Crippen molar-refractivity contribution >= 4 is 11.5 Å². The fourth-order valence-electron chi connectivity index (χ4n) is 0.624. The molecule has 0 spiro atoms. The molecule has 0 unspecified atom stereocenters. The van der Waals surface area contributed by atoms with Crippen molar-refractivity contribution < 1.29 is 0 Å². The van der Waals surface area contributed by atoms with Gasteiger partial charge in [-0.1, -0.05) is 13.8 Å². The number of aromatic nitrogens is 2. The van der Waals surface area contributed by atoms with Crippen molar-refractivity contribution in [1.82, 2.24) is 9.36 Å². The second-order valence-corrected chi connectivity index (χ2v) is 3.16. The summed E-state index contributed by atoms with van der Waals surface area (Å²) in [7, 11) is 0. The van der Waals surface area contributed by atoms with Crippen LogP contribution in [0.5, 0.6) is 0 Å². The highest BCUT2D eigenvalue weighted by atomic mass is 32.1. The summed E-state index contributed by atoms with van der Waals surface area (Å²) < 4.78 is 4.04. The average Bonchev–Trinajstić information content (AvgIpc) is 2.36. The van der Waals surface area contributed by atoms with Crippen LogP contribution in [0.2, 0.25) is 0 Å². The lowest BCUT2D eigenvalue weighted by Crippen LogP contribution is -2.17. The lowest BCUT2D eigenvalue weighted by molar-refractivity contribution is 0.495. The molecule has 1 atom stereocenters. The van der Waals surface area contributed by atoms with E-state index >= 15 is 0 Å². The van der Waals surface area contributed by atoms with E-state index in [2.05, 4.69) is 23.2 Å². The normalized spacial score (nSPS) is 14.0. The highest BCUT2D eigenvalue weighted by molar-refractivity contribution is 7.03. The van der Waals surface area contributed by atoms with Crippen LogP contribution in [0.4, 0.5) is 0 Å². The van der Waals surface area contributed by atoms with E-state index in [1.54, 1.807) is 5.51 Å². The van der Waals surface area contributed by atoms with E-state index in [-0.39, 0.29) is 6.04 Å². The van der Waals surface area contributed by atoms with Gasteiger partial charge in [-0.15, -0.1) is 0 Å². The molecule has 0 fully saturated rings. The van der Waals surface area contributed by atoms with Crippen LogP contribution in [-0.4, -0.2) is 9.36 Å². The van der Waals surface area contributed by atoms with Crippen LogP contribution in [0, 0.1) is 5.92 Å². The van der Waals surface area contributed by atoms with Crippen LogP contribution in [-0.2, 0) is 0 Å². The summed E-state index contributed by atoms with van der Waals surface area (Å²) in [6.07, 6.45) is 0. The van der Waals surface area contributed by atoms with Crippen molar-refractivity contribution in [3.05, 3.63) is 11.3 Å². The minimum Gasteiger partial charge on any atom is -0.321 e. The van der Waals surface area contributed by atoms with Crippen LogP contribution in [0.3, 0.4) is 0 Å². The minimum absolute atomic E-state index is 0.00810. The Morgan fingerprint density at radius 2 is 2.30 bits per heavy atom. The van der Waals surface area contributed by atoms with Gasteiger partial charge in [-0.25, -0.2) is 4.98 Å². The van der Waals surface area contributed by atoms with Crippen LogP contribution < -0.4 is 5.73 Å². The number of nitrogens with zero attached hydrogens (tertiary/aromatic N) is 2. The molecule has 0 bridgehead atoms. The summed E-state index contributed by atoms with van der Waals surface area (Å²) in [5, 5.41) is 0. The molecule has 10 heavy (non-hydrogen) atoms.